The lowest BCUT2D eigenvalue weighted by atomic mass is 10.1. The number of hydrogen-bond donors (Lipinski definition) is 1. The first-order chi connectivity index (χ1) is 4.72. The molecular formula is C8H12N2. The molecule has 0 spiro atoms. The van der Waals surface area contributed by atoms with E-state index in [-0.39, 0.29) is 6.04 Å². The van der Waals surface area contributed by atoms with E-state index in [1.165, 1.54) is 5.56 Å². The third-order valence-corrected chi connectivity index (χ3v) is 1.55. The van der Waals surface area contributed by atoms with E-state index in [2.05, 4.69) is 4.98 Å². The first-order valence-corrected chi connectivity index (χ1v) is 3.38. The van der Waals surface area contributed by atoms with Crippen LogP contribution in [0.3, 0.4) is 0 Å². The van der Waals surface area contributed by atoms with Crippen LogP contribution < -0.4 is 5.73 Å². The fourth-order valence-corrected chi connectivity index (χ4v) is 0.995. The van der Waals surface area contributed by atoms with E-state index in [4.69, 9.17) is 5.73 Å². The van der Waals surface area contributed by atoms with Gasteiger partial charge in [-0.1, -0.05) is 0 Å². The molecule has 1 rings (SSSR count). The number of pyridine rings is 1. The van der Waals surface area contributed by atoms with Gasteiger partial charge in [-0.3, -0.25) is 4.98 Å². The molecule has 2 heteroatoms. The van der Waals surface area contributed by atoms with Crippen molar-refractivity contribution in [2.45, 2.75) is 19.9 Å². The zero-order valence-corrected chi connectivity index (χ0v) is 6.33. The van der Waals surface area contributed by atoms with Crippen LogP contribution in [0.15, 0.2) is 18.5 Å². The van der Waals surface area contributed by atoms with Gasteiger partial charge in [0.2, 0.25) is 0 Å². The Kier molecular flexibility index (Phi) is 2.02. The summed E-state index contributed by atoms with van der Waals surface area (Å²) in [6, 6.07) is 2.07. The summed E-state index contributed by atoms with van der Waals surface area (Å²) in [6.45, 7) is 3.99. The zero-order chi connectivity index (χ0) is 7.56. The second-order valence-electron chi connectivity index (χ2n) is 2.52. The first kappa shape index (κ1) is 7.22. The fraction of sp³-hybridized carbons (Fsp3) is 0.375. The maximum atomic E-state index is 5.69. The van der Waals surface area contributed by atoms with Crippen molar-refractivity contribution in [1.29, 1.82) is 0 Å². The quantitative estimate of drug-likeness (QED) is 0.634. The molecule has 0 amide bonds. The molecule has 0 unspecified atom stereocenters. The maximum Gasteiger partial charge on any atom is 0.0300 e. The molecular weight excluding hydrogens is 124 g/mol. The van der Waals surface area contributed by atoms with Crippen LogP contribution in [0, 0.1) is 6.92 Å². The Morgan fingerprint density at radius 2 is 2.30 bits per heavy atom. The lowest BCUT2D eigenvalue weighted by molar-refractivity contribution is 0.806. The maximum absolute atomic E-state index is 5.69. The van der Waals surface area contributed by atoms with Crippen molar-refractivity contribution in [3.8, 4) is 0 Å². The molecule has 1 atom stereocenters. The van der Waals surface area contributed by atoms with Crippen LogP contribution in [-0.4, -0.2) is 4.98 Å². The highest BCUT2D eigenvalue weighted by molar-refractivity contribution is 5.24. The minimum atomic E-state index is 0.114. The smallest absolute Gasteiger partial charge is 0.0300 e. The first-order valence-electron chi connectivity index (χ1n) is 3.38. The SMILES string of the molecule is Cc1cnccc1[C@H](C)N. The molecule has 0 bridgehead atoms. The van der Waals surface area contributed by atoms with Crippen molar-refractivity contribution in [2.24, 2.45) is 5.73 Å². The van der Waals surface area contributed by atoms with Gasteiger partial charge in [-0.05, 0) is 31.0 Å². The summed E-state index contributed by atoms with van der Waals surface area (Å²) in [6.07, 6.45) is 3.60. The Labute approximate surface area is 61.1 Å². The zero-order valence-electron chi connectivity index (χ0n) is 6.33. The largest absolute Gasteiger partial charge is 0.324 e. The van der Waals surface area contributed by atoms with E-state index in [1.807, 2.05) is 26.1 Å². The molecule has 0 aromatic carbocycles. The van der Waals surface area contributed by atoms with Crippen LogP contribution in [-0.2, 0) is 0 Å². The van der Waals surface area contributed by atoms with Crippen LogP contribution in [0.1, 0.15) is 24.1 Å². The molecule has 0 aliphatic heterocycles. The summed E-state index contributed by atoms with van der Waals surface area (Å²) >= 11 is 0. The Hall–Kier alpha value is -0.890. The van der Waals surface area contributed by atoms with Crippen LogP contribution in [0.2, 0.25) is 0 Å². The molecule has 0 saturated heterocycles. The van der Waals surface area contributed by atoms with Gasteiger partial charge >= 0.3 is 0 Å². The predicted octanol–water partition coefficient (Wildman–Crippen LogP) is 1.41. The molecule has 0 fully saturated rings. The van der Waals surface area contributed by atoms with Crippen molar-refractivity contribution in [2.75, 3.05) is 0 Å². The molecule has 10 heavy (non-hydrogen) atoms. The van der Waals surface area contributed by atoms with Crippen molar-refractivity contribution >= 4 is 0 Å². The van der Waals surface area contributed by atoms with Crippen LogP contribution >= 0.6 is 0 Å². The van der Waals surface area contributed by atoms with Gasteiger partial charge in [-0.2, -0.15) is 0 Å². The number of aryl methyl sites for hydroxylation is 1. The van der Waals surface area contributed by atoms with Crippen molar-refractivity contribution in [3.63, 3.8) is 0 Å². The minimum absolute atomic E-state index is 0.114. The fourth-order valence-electron chi connectivity index (χ4n) is 0.995. The van der Waals surface area contributed by atoms with Crippen LogP contribution in [0.5, 0.6) is 0 Å². The van der Waals surface area contributed by atoms with Gasteiger partial charge in [-0.25, -0.2) is 0 Å². The average molecular weight is 136 g/mol. The Bertz CT molecular complexity index is 218. The van der Waals surface area contributed by atoms with Gasteiger partial charge in [0.15, 0.2) is 0 Å². The Morgan fingerprint density at radius 3 is 2.70 bits per heavy atom. The average Bonchev–Trinajstić information content (AvgIpc) is 1.88. The normalized spacial score (nSPS) is 13.1. The summed E-state index contributed by atoms with van der Waals surface area (Å²) < 4.78 is 0. The van der Waals surface area contributed by atoms with Crippen LogP contribution in [0.4, 0.5) is 0 Å². The molecule has 54 valence electrons. The van der Waals surface area contributed by atoms with Gasteiger partial charge in [0.05, 0.1) is 0 Å². The lowest BCUT2D eigenvalue weighted by Gasteiger charge is -2.06. The Balaban J connectivity index is 3.03. The van der Waals surface area contributed by atoms with E-state index >= 15 is 0 Å². The monoisotopic (exact) mass is 136 g/mol. The minimum Gasteiger partial charge on any atom is -0.324 e. The number of rotatable bonds is 1. The second kappa shape index (κ2) is 2.80. The van der Waals surface area contributed by atoms with E-state index < -0.39 is 0 Å². The number of nitrogens with zero attached hydrogens (tertiary/aromatic N) is 1. The van der Waals surface area contributed by atoms with Gasteiger partial charge in [0.25, 0.3) is 0 Å². The Morgan fingerprint density at radius 1 is 1.60 bits per heavy atom. The molecule has 0 aliphatic carbocycles. The van der Waals surface area contributed by atoms with Gasteiger partial charge in [-0.15, -0.1) is 0 Å². The molecule has 0 radical (unpaired) electrons. The number of aromatic nitrogens is 1. The van der Waals surface area contributed by atoms with E-state index in [0.717, 1.165) is 5.56 Å². The summed E-state index contributed by atoms with van der Waals surface area (Å²) in [5.41, 5.74) is 8.03. The van der Waals surface area contributed by atoms with E-state index in [0.29, 0.717) is 0 Å². The van der Waals surface area contributed by atoms with E-state index in [1.54, 1.807) is 6.20 Å². The molecule has 2 nitrogen and oxygen atoms in total. The van der Waals surface area contributed by atoms with Gasteiger partial charge in [0, 0.05) is 18.4 Å². The predicted molar refractivity (Wildman–Crippen MR) is 41.6 cm³/mol. The highest BCUT2D eigenvalue weighted by Gasteiger charge is 2.00. The van der Waals surface area contributed by atoms with Crippen molar-refractivity contribution < 1.29 is 0 Å². The molecule has 0 saturated carbocycles. The second-order valence-corrected chi connectivity index (χ2v) is 2.52. The topological polar surface area (TPSA) is 38.9 Å². The standard InChI is InChI=1S/C8H12N2/c1-6-5-10-4-3-8(6)7(2)9/h3-5,7H,9H2,1-2H3/t7-/m0/s1. The van der Waals surface area contributed by atoms with E-state index in [9.17, 15) is 0 Å². The third kappa shape index (κ3) is 1.33. The van der Waals surface area contributed by atoms with Crippen LogP contribution in [0.25, 0.3) is 0 Å². The van der Waals surface area contributed by atoms with Gasteiger partial charge < -0.3 is 5.73 Å². The summed E-state index contributed by atoms with van der Waals surface area (Å²) in [5, 5.41) is 0. The number of hydrogen-bond acceptors (Lipinski definition) is 2. The molecule has 1 heterocycles. The van der Waals surface area contributed by atoms with Gasteiger partial charge in [0.1, 0.15) is 0 Å². The molecule has 0 aliphatic rings. The summed E-state index contributed by atoms with van der Waals surface area (Å²) in [4.78, 5) is 3.97. The number of nitrogens with two attached hydrogens (primary N) is 1. The highest BCUT2D eigenvalue weighted by atomic mass is 14.6. The summed E-state index contributed by atoms with van der Waals surface area (Å²) in [7, 11) is 0. The third-order valence-electron chi connectivity index (χ3n) is 1.55. The highest BCUT2D eigenvalue weighted by Crippen LogP contribution is 2.11. The van der Waals surface area contributed by atoms with Crippen molar-refractivity contribution in [1.82, 2.24) is 4.98 Å². The molecule has 1 aromatic rings. The summed E-state index contributed by atoms with van der Waals surface area (Å²) in [5.74, 6) is 0. The molecule has 2 N–H and O–H groups in total. The van der Waals surface area contributed by atoms with Crippen molar-refractivity contribution in [3.05, 3.63) is 29.6 Å². The lowest BCUT2D eigenvalue weighted by Crippen LogP contribution is -2.06. The molecule has 1 aromatic heterocycles.